The summed E-state index contributed by atoms with van der Waals surface area (Å²) in [5, 5.41) is 16.9. The lowest BCUT2D eigenvalue weighted by molar-refractivity contribution is 0.0696. The van der Waals surface area contributed by atoms with Crippen LogP contribution in [0.4, 0.5) is 0 Å². The summed E-state index contributed by atoms with van der Waals surface area (Å²) in [4.78, 5) is 14.8. The molecule has 1 aromatic carbocycles. The molecule has 0 saturated heterocycles. The molecule has 0 bridgehead atoms. The van der Waals surface area contributed by atoms with Crippen molar-refractivity contribution >= 4 is 17.0 Å². The maximum absolute atomic E-state index is 10.7. The molecule has 6 heteroatoms. The minimum atomic E-state index is -0.981. The first kappa shape index (κ1) is 11.3. The van der Waals surface area contributed by atoms with Gasteiger partial charge in [-0.05, 0) is 24.3 Å². The number of carboxylic acid groups (broad SMARTS) is 1. The van der Waals surface area contributed by atoms with Gasteiger partial charge in [0, 0.05) is 6.20 Å². The molecule has 3 rings (SSSR count). The Morgan fingerprint density at radius 3 is 2.79 bits per heavy atom. The van der Waals surface area contributed by atoms with E-state index < -0.39 is 5.97 Å². The molecule has 0 amide bonds. The second-order valence-electron chi connectivity index (χ2n) is 4.08. The van der Waals surface area contributed by atoms with Crippen LogP contribution in [0.5, 0.6) is 0 Å². The van der Waals surface area contributed by atoms with Crippen molar-refractivity contribution in [1.82, 2.24) is 20.0 Å². The summed E-state index contributed by atoms with van der Waals surface area (Å²) in [5.41, 5.74) is 2.66. The van der Waals surface area contributed by atoms with Crippen molar-refractivity contribution in [3.8, 4) is 0 Å². The number of fused-ring (bicyclic) bond motifs is 1. The van der Waals surface area contributed by atoms with Crippen molar-refractivity contribution in [1.29, 1.82) is 0 Å². The van der Waals surface area contributed by atoms with Gasteiger partial charge in [0.2, 0.25) is 0 Å². The molecule has 0 fully saturated rings. The smallest absolute Gasteiger partial charge is 0.337 e. The molecule has 0 saturated carbocycles. The second kappa shape index (κ2) is 4.49. The highest BCUT2D eigenvalue weighted by Crippen LogP contribution is 2.11. The van der Waals surface area contributed by atoms with Crippen LogP contribution in [0.25, 0.3) is 11.0 Å². The molecule has 0 aliphatic rings. The van der Waals surface area contributed by atoms with E-state index in [1.807, 2.05) is 24.3 Å². The zero-order valence-corrected chi connectivity index (χ0v) is 9.89. The number of hydrogen-bond donors (Lipinski definition) is 1. The topological polar surface area (TPSA) is 80.9 Å². The number of hydrogen-bond acceptors (Lipinski definition) is 4. The predicted octanol–water partition coefficient (Wildman–Crippen LogP) is 1.57. The summed E-state index contributed by atoms with van der Waals surface area (Å²) >= 11 is 0. The van der Waals surface area contributed by atoms with E-state index >= 15 is 0 Å². The van der Waals surface area contributed by atoms with Crippen molar-refractivity contribution in [3.63, 3.8) is 0 Å². The molecule has 6 nitrogen and oxygen atoms in total. The Kier molecular flexibility index (Phi) is 2.68. The van der Waals surface area contributed by atoms with Gasteiger partial charge in [0.05, 0.1) is 23.3 Å². The van der Waals surface area contributed by atoms with E-state index in [-0.39, 0.29) is 5.56 Å². The van der Waals surface area contributed by atoms with Crippen LogP contribution < -0.4 is 0 Å². The molecule has 0 unspecified atom stereocenters. The van der Waals surface area contributed by atoms with Crippen molar-refractivity contribution in [2.45, 2.75) is 6.54 Å². The number of nitrogens with zero attached hydrogens (tertiary/aromatic N) is 4. The summed E-state index contributed by atoms with van der Waals surface area (Å²) in [6.07, 6.45) is 1.34. The maximum atomic E-state index is 10.7. The lowest BCUT2D eigenvalue weighted by Crippen LogP contribution is -2.05. The summed E-state index contributed by atoms with van der Waals surface area (Å²) < 4.78 is 1.73. The van der Waals surface area contributed by atoms with E-state index in [4.69, 9.17) is 5.11 Å². The van der Waals surface area contributed by atoms with E-state index in [0.29, 0.717) is 6.54 Å². The number of aromatic carboxylic acids is 1. The van der Waals surface area contributed by atoms with Crippen LogP contribution >= 0.6 is 0 Å². The van der Waals surface area contributed by atoms with Crippen LogP contribution in [0.1, 0.15) is 16.1 Å². The Balaban J connectivity index is 1.90. The normalized spacial score (nSPS) is 10.7. The molecule has 2 heterocycles. The SMILES string of the molecule is O=C(O)c1ccc(Cn2nnc3ccccc32)nc1. The molecule has 3 aromatic rings. The Bertz CT molecular complexity index is 734. The highest BCUT2D eigenvalue weighted by molar-refractivity contribution is 5.87. The summed E-state index contributed by atoms with van der Waals surface area (Å²) in [7, 11) is 0. The van der Waals surface area contributed by atoms with Crippen molar-refractivity contribution in [3.05, 3.63) is 53.9 Å². The summed E-state index contributed by atoms with van der Waals surface area (Å²) in [5.74, 6) is -0.981. The van der Waals surface area contributed by atoms with Crippen LogP contribution in [0.15, 0.2) is 42.6 Å². The number of carbonyl (C=O) groups is 1. The first-order chi connectivity index (χ1) is 9.24. The van der Waals surface area contributed by atoms with Gasteiger partial charge in [-0.3, -0.25) is 4.98 Å². The van der Waals surface area contributed by atoms with Crippen LogP contribution in [0, 0.1) is 0 Å². The molecular formula is C13H10N4O2. The van der Waals surface area contributed by atoms with Crippen LogP contribution in [0.3, 0.4) is 0 Å². The highest BCUT2D eigenvalue weighted by atomic mass is 16.4. The molecule has 0 radical (unpaired) electrons. The van der Waals surface area contributed by atoms with Gasteiger partial charge in [-0.2, -0.15) is 0 Å². The van der Waals surface area contributed by atoms with E-state index in [1.54, 1.807) is 10.7 Å². The van der Waals surface area contributed by atoms with Crippen LogP contribution in [-0.2, 0) is 6.54 Å². The molecule has 0 aliphatic heterocycles. The second-order valence-corrected chi connectivity index (χ2v) is 4.08. The maximum Gasteiger partial charge on any atom is 0.337 e. The van der Waals surface area contributed by atoms with Gasteiger partial charge in [0.15, 0.2) is 0 Å². The fourth-order valence-electron chi connectivity index (χ4n) is 1.83. The molecule has 2 aromatic heterocycles. The van der Waals surface area contributed by atoms with E-state index in [2.05, 4.69) is 15.3 Å². The zero-order chi connectivity index (χ0) is 13.2. The van der Waals surface area contributed by atoms with Gasteiger partial charge < -0.3 is 5.11 Å². The van der Waals surface area contributed by atoms with Gasteiger partial charge in [-0.1, -0.05) is 17.3 Å². The summed E-state index contributed by atoms with van der Waals surface area (Å²) in [6, 6.07) is 10.9. The molecule has 19 heavy (non-hydrogen) atoms. The molecule has 1 N–H and O–H groups in total. The fourth-order valence-corrected chi connectivity index (χ4v) is 1.83. The number of pyridine rings is 1. The minimum absolute atomic E-state index is 0.173. The van der Waals surface area contributed by atoms with Crippen LogP contribution in [-0.4, -0.2) is 31.1 Å². The Morgan fingerprint density at radius 2 is 2.05 bits per heavy atom. The van der Waals surface area contributed by atoms with E-state index in [0.717, 1.165) is 16.7 Å². The Morgan fingerprint density at radius 1 is 1.21 bits per heavy atom. The highest BCUT2D eigenvalue weighted by Gasteiger charge is 2.06. The van der Waals surface area contributed by atoms with Crippen LogP contribution in [0.2, 0.25) is 0 Å². The van der Waals surface area contributed by atoms with Crippen molar-refractivity contribution in [2.75, 3.05) is 0 Å². The third-order valence-corrected chi connectivity index (χ3v) is 2.80. The largest absolute Gasteiger partial charge is 0.478 e. The fraction of sp³-hybridized carbons (Fsp3) is 0.0769. The third kappa shape index (κ3) is 2.15. The first-order valence-corrected chi connectivity index (χ1v) is 5.70. The average molecular weight is 254 g/mol. The van der Waals surface area contributed by atoms with Crippen molar-refractivity contribution < 1.29 is 9.90 Å². The van der Waals surface area contributed by atoms with Gasteiger partial charge in [0.25, 0.3) is 0 Å². The monoisotopic (exact) mass is 254 g/mol. The molecule has 0 spiro atoms. The quantitative estimate of drug-likeness (QED) is 0.767. The third-order valence-electron chi connectivity index (χ3n) is 2.80. The van der Waals surface area contributed by atoms with E-state index in [1.165, 1.54) is 12.3 Å². The van der Waals surface area contributed by atoms with E-state index in [9.17, 15) is 4.79 Å². The average Bonchev–Trinajstić information content (AvgIpc) is 2.83. The lowest BCUT2D eigenvalue weighted by Gasteiger charge is -2.02. The first-order valence-electron chi connectivity index (χ1n) is 5.70. The minimum Gasteiger partial charge on any atom is -0.478 e. The standard InChI is InChI=1S/C13H10N4O2/c18-13(19)9-5-6-10(14-7-9)8-17-12-4-2-1-3-11(12)15-16-17/h1-7H,8H2,(H,18,19). The van der Waals surface area contributed by atoms with Gasteiger partial charge in [-0.25, -0.2) is 9.48 Å². The Hall–Kier alpha value is -2.76. The molecule has 0 atom stereocenters. The number of rotatable bonds is 3. The number of carboxylic acids is 1. The predicted molar refractivity (Wildman–Crippen MR) is 67.8 cm³/mol. The number of aromatic nitrogens is 4. The van der Waals surface area contributed by atoms with Crippen molar-refractivity contribution in [2.24, 2.45) is 0 Å². The Labute approximate surface area is 108 Å². The van der Waals surface area contributed by atoms with Gasteiger partial charge in [0.1, 0.15) is 5.52 Å². The molecular weight excluding hydrogens is 244 g/mol. The molecule has 94 valence electrons. The van der Waals surface area contributed by atoms with Gasteiger partial charge in [-0.15, -0.1) is 5.10 Å². The lowest BCUT2D eigenvalue weighted by atomic mass is 10.2. The van der Waals surface area contributed by atoms with Gasteiger partial charge >= 0.3 is 5.97 Å². The zero-order valence-electron chi connectivity index (χ0n) is 9.89. The number of para-hydroxylation sites is 1. The molecule has 0 aliphatic carbocycles. The summed E-state index contributed by atoms with van der Waals surface area (Å²) in [6.45, 7) is 0.459. The number of benzene rings is 1.